The van der Waals surface area contributed by atoms with Crippen LogP contribution in [0, 0.1) is 0 Å². The number of carbonyl (C=O) groups is 1. The summed E-state index contributed by atoms with van der Waals surface area (Å²) in [5.74, 6) is -0.898. The van der Waals surface area contributed by atoms with Gasteiger partial charge in [-0.1, -0.05) is 0 Å². The van der Waals surface area contributed by atoms with Gasteiger partial charge in [-0.15, -0.1) is 0 Å². The highest BCUT2D eigenvalue weighted by Crippen LogP contribution is 2.26. The molecule has 0 aromatic carbocycles. The molecule has 0 saturated carbocycles. The molecule has 134 valence electrons. The van der Waals surface area contributed by atoms with E-state index in [-0.39, 0.29) is 0 Å². The largest absolute Gasteiger partial charge is 0.394 e. The van der Waals surface area contributed by atoms with Crippen molar-refractivity contribution in [2.45, 2.75) is 55.1 Å². The predicted molar refractivity (Wildman–Crippen MR) is 69.7 cm³/mol. The van der Waals surface area contributed by atoms with E-state index in [1.165, 1.54) is 0 Å². The zero-order valence-corrected chi connectivity index (χ0v) is 12.0. The van der Waals surface area contributed by atoms with Crippen molar-refractivity contribution in [3.8, 4) is 0 Å². The van der Waals surface area contributed by atoms with Gasteiger partial charge >= 0.3 is 0 Å². The molecule has 0 spiro atoms. The van der Waals surface area contributed by atoms with Crippen LogP contribution >= 0.6 is 0 Å². The van der Waals surface area contributed by atoms with Crippen molar-refractivity contribution < 1.29 is 50.0 Å². The molecule has 2 aliphatic heterocycles. The van der Waals surface area contributed by atoms with Crippen LogP contribution in [0.5, 0.6) is 0 Å². The van der Waals surface area contributed by atoms with E-state index in [9.17, 15) is 35.4 Å². The number of aliphatic hydroxyl groups excluding tert-OH is 7. The first-order valence-corrected chi connectivity index (χ1v) is 7.05. The number of hydrogen-bond acceptors (Lipinski definition) is 10. The van der Waals surface area contributed by atoms with Crippen molar-refractivity contribution in [2.24, 2.45) is 0 Å². The van der Waals surface area contributed by atoms with Crippen molar-refractivity contribution in [3.05, 3.63) is 0 Å². The summed E-state index contributed by atoms with van der Waals surface area (Å²) in [6.07, 6.45) is -12.6. The second-order valence-corrected chi connectivity index (χ2v) is 5.53. The molecular weight excluding hydrogens is 318 g/mol. The fourth-order valence-electron chi connectivity index (χ4n) is 2.58. The summed E-state index contributed by atoms with van der Waals surface area (Å²) in [7, 11) is 0. The Bertz CT molecular complexity index is 419. The van der Waals surface area contributed by atoms with Crippen molar-refractivity contribution in [3.63, 3.8) is 0 Å². The molecule has 9 atom stereocenters. The standard InChI is InChI=1S/C12H21NO10/c14-1-3-10(7(18)8(19)11(21)13-3)23-12-9(20)6(17)5(16)4(2-15)22-12/h3-10,12,14-20H,1-2H2,(H,13,21)/t3-,4-,5-,6+,7-,8-,9-,10-,12+/m1/s1. The Balaban J connectivity index is 2.13. The zero-order chi connectivity index (χ0) is 17.3. The van der Waals surface area contributed by atoms with E-state index in [2.05, 4.69) is 5.32 Å². The lowest BCUT2D eigenvalue weighted by molar-refractivity contribution is -0.323. The lowest BCUT2D eigenvalue weighted by Crippen LogP contribution is -2.67. The maximum Gasteiger partial charge on any atom is 0.252 e. The smallest absolute Gasteiger partial charge is 0.252 e. The van der Waals surface area contributed by atoms with Crippen LogP contribution in [-0.4, -0.2) is 110 Å². The Labute approximate surface area is 130 Å². The van der Waals surface area contributed by atoms with Gasteiger partial charge in [0, 0.05) is 0 Å². The van der Waals surface area contributed by atoms with Crippen LogP contribution in [0.1, 0.15) is 0 Å². The van der Waals surface area contributed by atoms with Crippen molar-refractivity contribution in [1.82, 2.24) is 5.32 Å². The summed E-state index contributed by atoms with van der Waals surface area (Å²) in [4.78, 5) is 11.4. The highest BCUT2D eigenvalue weighted by molar-refractivity contribution is 5.82. The Morgan fingerprint density at radius 3 is 2.17 bits per heavy atom. The molecule has 8 N–H and O–H groups in total. The zero-order valence-electron chi connectivity index (χ0n) is 12.0. The number of amides is 1. The van der Waals surface area contributed by atoms with Gasteiger partial charge in [-0.05, 0) is 0 Å². The van der Waals surface area contributed by atoms with Gasteiger partial charge in [0.15, 0.2) is 12.4 Å². The van der Waals surface area contributed by atoms with Crippen molar-refractivity contribution >= 4 is 5.91 Å². The average Bonchev–Trinajstić information content (AvgIpc) is 2.55. The van der Waals surface area contributed by atoms with Gasteiger partial charge in [-0.3, -0.25) is 4.79 Å². The minimum atomic E-state index is -1.81. The van der Waals surface area contributed by atoms with E-state index in [1.807, 2.05) is 0 Å². The molecule has 1 amide bonds. The number of rotatable bonds is 4. The van der Waals surface area contributed by atoms with Crippen LogP contribution in [0.15, 0.2) is 0 Å². The van der Waals surface area contributed by atoms with Crippen LogP contribution in [-0.2, 0) is 14.3 Å². The molecule has 11 heteroatoms. The first kappa shape index (κ1) is 18.4. The maximum atomic E-state index is 11.4. The van der Waals surface area contributed by atoms with Crippen LogP contribution in [0.3, 0.4) is 0 Å². The highest BCUT2D eigenvalue weighted by atomic mass is 16.7. The van der Waals surface area contributed by atoms with E-state index in [0.717, 1.165) is 0 Å². The third-order valence-corrected chi connectivity index (χ3v) is 3.99. The van der Waals surface area contributed by atoms with E-state index in [4.69, 9.17) is 14.6 Å². The van der Waals surface area contributed by atoms with Crippen molar-refractivity contribution in [2.75, 3.05) is 13.2 Å². The van der Waals surface area contributed by atoms with Crippen LogP contribution in [0.4, 0.5) is 0 Å². The molecule has 0 aliphatic carbocycles. The maximum absolute atomic E-state index is 11.4. The van der Waals surface area contributed by atoms with E-state index in [0.29, 0.717) is 0 Å². The molecule has 2 rings (SSSR count). The monoisotopic (exact) mass is 339 g/mol. The van der Waals surface area contributed by atoms with Crippen LogP contribution in [0.25, 0.3) is 0 Å². The molecule has 2 fully saturated rings. The minimum Gasteiger partial charge on any atom is -0.394 e. The summed E-state index contributed by atoms with van der Waals surface area (Å²) >= 11 is 0. The lowest BCUT2D eigenvalue weighted by Gasteiger charge is -2.44. The molecule has 0 radical (unpaired) electrons. The number of nitrogens with one attached hydrogen (secondary N) is 1. The third-order valence-electron chi connectivity index (χ3n) is 3.99. The fourth-order valence-corrected chi connectivity index (χ4v) is 2.58. The molecule has 2 aliphatic rings. The van der Waals surface area contributed by atoms with Gasteiger partial charge in [0.25, 0.3) is 5.91 Å². The van der Waals surface area contributed by atoms with Gasteiger partial charge < -0.3 is 50.5 Å². The number of carbonyl (C=O) groups excluding carboxylic acids is 1. The fraction of sp³-hybridized carbons (Fsp3) is 0.917. The number of aliphatic hydroxyl groups is 7. The predicted octanol–water partition coefficient (Wildman–Crippen LogP) is -5.62. The summed E-state index contributed by atoms with van der Waals surface area (Å²) in [6, 6.07) is -1.09. The molecule has 2 heterocycles. The molecular formula is C12H21NO10. The molecule has 2 saturated heterocycles. The SMILES string of the molecule is O=C1N[C@H](CO)[C@@H](O[C@@H]2O[C@H](CO)[C@@H](O)[C@H](O)[C@H]2O)[C@H](O)[C@H]1O. The average molecular weight is 339 g/mol. The third kappa shape index (κ3) is 3.47. The first-order valence-electron chi connectivity index (χ1n) is 7.05. The summed E-state index contributed by atoms with van der Waals surface area (Å²) in [5, 5.41) is 69.3. The molecule has 0 aromatic heterocycles. The molecule has 23 heavy (non-hydrogen) atoms. The highest BCUT2D eigenvalue weighted by Gasteiger charge is 2.49. The van der Waals surface area contributed by atoms with Crippen LogP contribution < -0.4 is 5.32 Å². The summed E-state index contributed by atoms with van der Waals surface area (Å²) in [6.45, 7) is -1.29. The summed E-state index contributed by atoms with van der Waals surface area (Å²) < 4.78 is 10.4. The van der Waals surface area contributed by atoms with Gasteiger partial charge in [0.2, 0.25) is 0 Å². The van der Waals surface area contributed by atoms with Crippen LogP contribution in [0.2, 0.25) is 0 Å². The normalized spacial score (nSPS) is 48.1. The number of piperidine rings is 1. The van der Waals surface area contributed by atoms with E-state index < -0.39 is 74.2 Å². The van der Waals surface area contributed by atoms with Crippen molar-refractivity contribution in [1.29, 1.82) is 0 Å². The molecule has 11 nitrogen and oxygen atoms in total. The van der Waals surface area contributed by atoms with E-state index >= 15 is 0 Å². The Kier molecular flexibility index (Phi) is 5.89. The number of ether oxygens (including phenoxy) is 2. The second-order valence-electron chi connectivity index (χ2n) is 5.53. The summed E-state index contributed by atoms with van der Waals surface area (Å²) in [5.41, 5.74) is 0. The van der Waals surface area contributed by atoms with Gasteiger partial charge in [-0.25, -0.2) is 0 Å². The lowest BCUT2D eigenvalue weighted by atomic mass is 9.95. The molecule has 0 aromatic rings. The quantitative estimate of drug-likeness (QED) is 0.245. The van der Waals surface area contributed by atoms with E-state index in [1.54, 1.807) is 0 Å². The van der Waals surface area contributed by atoms with Gasteiger partial charge in [-0.2, -0.15) is 0 Å². The Morgan fingerprint density at radius 2 is 1.61 bits per heavy atom. The Morgan fingerprint density at radius 1 is 0.957 bits per heavy atom. The topological polar surface area (TPSA) is 189 Å². The molecule has 0 bridgehead atoms. The minimum absolute atomic E-state index is 0.627. The Hall–Kier alpha value is -0.890. The van der Waals surface area contributed by atoms with Gasteiger partial charge in [0.1, 0.15) is 36.6 Å². The first-order chi connectivity index (χ1) is 10.8. The second kappa shape index (κ2) is 7.34. The molecule has 0 unspecified atom stereocenters. The van der Waals surface area contributed by atoms with Gasteiger partial charge in [0.05, 0.1) is 19.3 Å². The number of hydrogen-bond donors (Lipinski definition) is 8.